The molecule has 1 aromatic carbocycles. The molecule has 0 bridgehead atoms. The molecule has 1 fully saturated rings. The van der Waals surface area contributed by atoms with E-state index in [1.54, 1.807) is 31.7 Å². The minimum absolute atomic E-state index is 0.135. The molecule has 212 valence electrons. The smallest absolute Gasteiger partial charge is 0.410 e. The molecule has 1 amide bonds. The molecule has 1 aliphatic heterocycles. The van der Waals surface area contributed by atoms with Gasteiger partial charge in [-0.25, -0.2) is 15.5 Å². The van der Waals surface area contributed by atoms with Crippen LogP contribution < -0.4 is 15.3 Å². The number of carbonyl (C=O) groups excluding carboxylic acids is 2. The average molecular weight is 538 g/mol. The summed E-state index contributed by atoms with van der Waals surface area (Å²) in [6.07, 6.45) is -0.440. The van der Waals surface area contributed by atoms with Crippen LogP contribution in [0.4, 0.5) is 4.79 Å². The third-order valence-corrected chi connectivity index (χ3v) is 5.76. The Morgan fingerprint density at radius 3 is 2.37 bits per heavy atom. The highest BCUT2D eigenvalue weighted by Gasteiger charge is 2.35. The first-order chi connectivity index (χ1) is 17.7. The van der Waals surface area contributed by atoms with Crippen LogP contribution in [-0.2, 0) is 32.2 Å². The number of amides is 1. The molecule has 0 spiro atoms. The zero-order valence-electron chi connectivity index (χ0n) is 23.0. The van der Waals surface area contributed by atoms with Crippen molar-refractivity contribution in [2.75, 3.05) is 26.3 Å². The Bertz CT molecular complexity index is 1110. The van der Waals surface area contributed by atoms with Crippen LogP contribution in [0.15, 0.2) is 24.4 Å². The molecule has 12 nitrogen and oxygen atoms in total. The van der Waals surface area contributed by atoms with Gasteiger partial charge in [0.05, 0.1) is 24.7 Å². The molecule has 2 atom stereocenters. The summed E-state index contributed by atoms with van der Waals surface area (Å²) in [6.45, 7) is 12.2. The van der Waals surface area contributed by atoms with Gasteiger partial charge in [-0.3, -0.25) is 4.84 Å². The summed E-state index contributed by atoms with van der Waals surface area (Å²) < 4.78 is 20.4. The van der Waals surface area contributed by atoms with Crippen LogP contribution >= 0.6 is 0 Å². The van der Waals surface area contributed by atoms with E-state index in [0.717, 1.165) is 10.9 Å². The lowest BCUT2D eigenvalue weighted by atomic mass is 10.0. The third-order valence-electron chi connectivity index (χ3n) is 5.76. The van der Waals surface area contributed by atoms with Gasteiger partial charge in [0.15, 0.2) is 0 Å². The largest absolute Gasteiger partial charge is 0.490 e. The Balaban J connectivity index is 1.72. The topological polar surface area (TPSA) is 150 Å². The van der Waals surface area contributed by atoms with Gasteiger partial charge < -0.3 is 29.3 Å². The van der Waals surface area contributed by atoms with Crippen molar-refractivity contribution in [2.24, 2.45) is 11.8 Å². The molecule has 1 saturated heterocycles. The second kappa shape index (κ2) is 11.9. The number of esters is 1. The number of carbonyl (C=O) groups is 2. The van der Waals surface area contributed by atoms with E-state index in [1.165, 1.54) is 0 Å². The summed E-state index contributed by atoms with van der Waals surface area (Å²) in [6, 6.07) is 5.39. The van der Waals surface area contributed by atoms with Gasteiger partial charge in [0, 0.05) is 25.1 Å². The lowest BCUT2D eigenvalue weighted by Gasteiger charge is -2.39. The van der Waals surface area contributed by atoms with Gasteiger partial charge >= 0.3 is 12.1 Å². The summed E-state index contributed by atoms with van der Waals surface area (Å²) >= 11 is 0. The number of hydrogen-bond acceptors (Lipinski definition) is 9. The maximum absolute atomic E-state index is 12.3. The molecular weight excluding hydrogens is 496 g/mol. The summed E-state index contributed by atoms with van der Waals surface area (Å²) in [5, 5.41) is 20.4. The first-order valence-corrected chi connectivity index (χ1v) is 12.7. The first kappa shape index (κ1) is 29.6. The van der Waals surface area contributed by atoms with Gasteiger partial charge in [-0.05, 0) is 53.7 Å². The van der Waals surface area contributed by atoms with E-state index in [2.05, 4.69) is 0 Å². The average Bonchev–Trinajstić information content (AvgIpc) is 3.09. The highest BCUT2D eigenvalue weighted by molar-refractivity contribution is 5.77. The fraction of sp³-hybridized carbons (Fsp3) is 0.654. The van der Waals surface area contributed by atoms with Crippen molar-refractivity contribution < 1.29 is 43.5 Å². The minimum Gasteiger partial charge on any atom is -0.490 e. The summed E-state index contributed by atoms with van der Waals surface area (Å²) in [4.78, 5) is 31.0. The Hall–Kier alpha value is -2.93. The summed E-state index contributed by atoms with van der Waals surface area (Å²) in [5.41, 5.74) is -0.411. The van der Waals surface area contributed by atoms with Crippen molar-refractivity contribution in [3.8, 4) is 5.75 Å². The Kier molecular flexibility index (Phi) is 9.24. The zero-order valence-corrected chi connectivity index (χ0v) is 23.0. The van der Waals surface area contributed by atoms with Gasteiger partial charge in [0.25, 0.3) is 0 Å². The van der Waals surface area contributed by atoms with Gasteiger partial charge in [0.2, 0.25) is 18.2 Å². The first-order valence-electron chi connectivity index (χ1n) is 12.7. The number of aliphatic hydroxyl groups excluding tert-OH is 2. The molecule has 2 heterocycles. The molecule has 1 aliphatic rings. The van der Waals surface area contributed by atoms with Gasteiger partial charge in [-0.2, -0.15) is 4.68 Å². The van der Waals surface area contributed by atoms with E-state index >= 15 is 0 Å². The molecule has 12 heteroatoms. The summed E-state index contributed by atoms with van der Waals surface area (Å²) in [7, 11) is 0. The maximum Gasteiger partial charge on any atom is 0.410 e. The lowest BCUT2D eigenvalue weighted by molar-refractivity contribution is -0.759. The molecule has 2 aromatic rings. The summed E-state index contributed by atoms with van der Waals surface area (Å²) in [5.74, 6) is 5.37. The van der Waals surface area contributed by atoms with E-state index in [4.69, 9.17) is 24.9 Å². The van der Waals surface area contributed by atoms with E-state index in [-0.39, 0.29) is 31.8 Å². The molecule has 0 radical (unpaired) electrons. The molecule has 4 N–H and O–H groups in total. The molecule has 0 aliphatic carbocycles. The number of aromatic nitrogens is 2. The van der Waals surface area contributed by atoms with Crippen LogP contribution in [0.3, 0.4) is 0 Å². The van der Waals surface area contributed by atoms with E-state index < -0.39 is 29.4 Å². The highest BCUT2D eigenvalue weighted by Crippen LogP contribution is 2.24. The number of fused-ring (bicyclic) bond motifs is 1. The van der Waals surface area contributed by atoms with Gasteiger partial charge in [-0.15, -0.1) is 4.68 Å². The number of rotatable bonds is 10. The van der Waals surface area contributed by atoms with Crippen molar-refractivity contribution in [1.82, 2.24) is 9.58 Å². The van der Waals surface area contributed by atoms with E-state index in [1.807, 2.05) is 48.5 Å². The van der Waals surface area contributed by atoms with Crippen molar-refractivity contribution in [3.05, 3.63) is 24.4 Å². The third kappa shape index (κ3) is 8.03. The van der Waals surface area contributed by atoms with Gasteiger partial charge in [0.1, 0.15) is 29.7 Å². The molecule has 1 aromatic heterocycles. The lowest BCUT2D eigenvalue weighted by Crippen LogP contribution is -2.56. The fourth-order valence-electron chi connectivity index (χ4n) is 4.07. The standard InChI is InChI=1S/C26H41N4O8/c1-25(2,3)36-23(33)22(38-27)16-35-20-7-8-21-18(9-20)13-29(30(21)14-19(32)15-31)12-17-10-28(11-17)24(34)37-26(4,5)6/h7-9,13,17,19,22,31-32H,10-12,14-16,27H2,1-6H3/q+1/t19?,22-/m0/s1. The van der Waals surface area contributed by atoms with Crippen LogP contribution in [0.25, 0.3) is 10.9 Å². The molecule has 1 unspecified atom stereocenters. The van der Waals surface area contributed by atoms with Crippen LogP contribution in [-0.4, -0.2) is 81.6 Å². The number of likely N-dealkylation sites (tertiary alicyclic amines) is 1. The zero-order chi connectivity index (χ0) is 28.3. The van der Waals surface area contributed by atoms with Crippen molar-refractivity contribution in [2.45, 2.75) is 78.0 Å². The second-order valence-electron chi connectivity index (χ2n) is 11.6. The normalized spacial score (nSPS) is 16.2. The van der Waals surface area contributed by atoms with Crippen molar-refractivity contribution >= 4 is 23.0 Å². The number of aliphatic hydroxyl groups is 2. The van der Waals surface area contributed by atoms with Crippen LogP contribution in [0.5, 0.6) is 5.75 Å². The predicted molar refractivity (Wildman–Crippen MR) is 137 cm³/mol. The Labute approximate surface area is 222 Å². The molecule has 0 saturated carbocycles. The number of hydrogen-bond donors (Lipinski definition) is 3. The number of nitrogens with two attached hydrogens (primary N) is 1. The predicted octanol–water partition coefficient (Wildman–Crippen LogP) is 1.13. The SMILES string of the molecule is CC(C)(C)OC(=O)[C@H](COc1ccc2c(c1)cn(CC1CN(C(=O)OC(C)(C)C)C1)[n+]2CC(O)CO)ON. The van der Waals surface area contributed by atoms with E-state index in [9.17, 15) is 19.8 Å². The molecule has 3 rings (SSSR count). The molecular formula is C26H41N4O8+. The quantitative estimate of drug-likeness (QED) is 0.230. The fourth-order valence-corrected chi connectivity index (χ4v) is 4.07. The Morgan fingerprint density at radius 2 is 1.79 bits per heavy atom. The second-order valence-corrected chi connectivity index (χ2v) is 11.6. The van der Waals surface area contributed by atoms with Crippen molar-refractivity contribution in [1.29, 1.82) is 0 Å². The number of ether oxygens (including phenoxy) is 3. The van der Waals surface area contributed by atoms with Crippen molar-refractivity contribution in [3.63, 3.8) is 0 Å². The number of nitrogens with zero attached hydrogens (tertiary/aromatic N) is 3. The number of benzene rings is 1. The maximum atomic E-state index is 12.3. The van der Waals surface area contributed by atoms with E-state index in [0.29, 0.717) is 25.4 Å². The van der Waals surface area contributed by atoms with Crippen LogP contribution in [0.2, 0.25) is 0 Å². The van der Waals surface area contributed by atoms with Crippen LogP contribution in [0.1, 0.15) is 41.5 Å². The highest BCUT2D eigenvalue weighted by atomic mass is 16.7. The minimum atomic E-state index is -1.09. The molecule has 38 heavy (non-hydrogen) atoms. The Morgan fingerprint density at radius 1 is 1.13 bits per heavy atom. The van der Waals surface area contributed by atoms with Gasteiger partial charge in [-0.1, -0.05) is 0 Å². The monoisotopic (exact) mass is 537 g/mol. The van der Waals surface area contributed by atoms with Crippen LogP contribution in [0, 0.1) is 5.92 Å².